The predicted molar refractivity (Wildman–Crippen MR) is 45.8 cm³/mol. The van der Waals surface area contributed by atoms with E-state index in [-0.39, 0.29) is 0 Å². The molecule has 0 saturated carbocycles. The molecule has 0 rings (SSSR count). The van der Waals surface area contributed by atoms with Crippen LogP contribution in [0.25, 0.3) is 0 Å². The molecule has 116 valence electrons. The van der Waals surface area contributed by atoms with Crippen LogP contribution in [0, 0.1) is 0 Å². The molecule has 19 heavy (non-hydrogen) atoms. The first-order chi connectivity index (χ1) is 8.27. The van der Waals surface area contributed by atoms with Gasteiger partial charge in [0.25, 0.3) is 7.82 Å². The Kier molecular flexibility index (Phi) is 5.82. The molecule has 0 heterocycles. The average molecular weight is 321 g/mol. The van der Waals surface area contributed by atoms with Crippen molar-refractivity contribution in [2.75, 3.05) is 13.2 Å². The lowest BCUT2D eigenvalue weighted by Gasteiger charge is -2.29. The van der Waals surface area contributed by atoms with Crippen LogP contribution in [0.4, 0.5) is 30.7 Å². The molecule has 4 nitrogen and oxygen atoms in total. The van der Waals surface area contributed by atoms with Crippen LogP contribution in [-0.2, 0) is 13.6 Å². The van der Waals surface area contributed by atoms with Crippen LogP contribution in [-0.4, -0.2) is 31.2 Å². The van der Waals surface area contributed by atoms with Gasteiger partial charge in [-0.05, 0) is 6.92 Å². The third-order valence-electron chi connectivity index (χ3n) is 1.77. The van der Waals surface area contributed by atoms with Gasteiger partial charge in [-0.2, -0.15) is 30.7 Å². The van der Waals surface area contributed by atoms with E-state index in [1.54, 1.807) is 0 Å². The summed E-state index contributed by atoms with van der Waals surface area (Å²) in [7, 11) is -4.98. The fourth-order valence-electron chi connectivity index (χ4n) is 0.845. The highest BCUT2D eigenvalue weighted by Gasteiger charge is 2.72. The maximum Gasteiger partial charge on any atom is 0.459 e. The van der Waals surface area contributed by atoms with E-state index in [9.17, 15) is 40.2 Å². The Morgan fingerprint density at radius 3 is 1.89 bits per heavy atom. The average Bonchev–Trinajstić information content (AvgIpc) is 2.14. The van der Waals surface area contributed by atoms with E-state index in [0.717, 1.165) is 0 Å². The predicted octanol–water partition coefficient (Wildman–Crippen LogP) is 2.73. The van der Waals surface area contributed by atoms with Gasteiger partial charge in [-0.25, -0.2) is 0 Å². The van der Waals surface area contributed by atoms with Crippen molar-refractivity contribution in [2.45, 2.75) is 31.4 Å². The van der Waals surface area contributed by atoms with Crippen LogP contribution in [0.2, 0.25) is 0 Å². The van der Waals surface area contributed by atoms with E-state index in [4.69, 9.17) is 0 Å². The highest BCUT2D eigenvalue weighted by atomic mass is 31.2. The van der Waals surface area contributed by atoms with E-state index in [0.29, 0.717) is 0 Å². The van der Waals surface area contributed by atoms with Crippen molar-refractivity contribution in [3.8, 4) is 0 Å². The third kappa shape index (κ3) is 4.90. The number of phosphoric acid groups is 1. The summed E-state index contributed by atoms with van der Waals surface area (Å²) in [4.78, 5) is 10.7. The van der Waals surface area contributed by atoms with Crippen LogP contribution < -0.4 is 4.89 Å². The fourth-order valence-corrected chi connectivity index (χ4v) is 1.55. The first-order valence-electron chi connectivity index (χ1n) is 4.69. The molecule has 0 aliphatic carbocycles. The Labute approximate surface area is 103 Å². The Morgan fingerprint density at radius 2 is 1.53 bits per heavy atom. The minimum atomic E-state index is -6.46. The molecule has 1 atom stereocenters. The van der Waals surface area contributed by atoms with Crippen LogP contribution in [0.3, 0.4) is 0 Å². The lowest BCUT2D eigenvalue weighted by Crippen LogP contribution is -2.52. The van der Waals surface area contributed by atoms with Gasteiger partial charge < -0.3 is 13.9 Å². The van der Waals surface area contributed by atoms with Gasteiger partial charge in [-0.1, -0.05) is 0 Å². The summed E-state index contributed by atoms with van der Waals surface area (Å²) in [5, 5.41) is 0. The van der Waals surface area contributed by atoms with Gasteiger partial charge in [0.15, 0.2) is 0 Å². The van der Waals surface area contributed by atoms with Crippen molar-refractivity contribution in [3.05, 3.63) is 0 Å². The molecule has 12 heteroatoms. The van der Waals surface area contributed by atoms with Crippen LogP contribution in [0.5, 0.6) is 0 Å². The van der Waals surface area contributed by atoms with E-state index in [1.165, 1.54) is 6.92 Å². The summed E-state index contributed by atoms with van der Waals surface area (Å²) in [6.07, 6.45) is -8.60. The van der Waals surface area contributed by atoms with Gasteiger partial charge >= 0.3 is 18.0 Å². The van der Waals surface area contributed by atoms with Gasteiger partial charge in [0.05, 0.1) is 13.2 Å². The highest BCUT2D eigenvalue weighted by Crippen LogP contribution is 2.48. The number of phosphoric ester groups is 1. The zero-order chi connectivity index (χ0) is 15.5. The third-order valence-corrected chi connectivity index (χ3v) is 2.84. The molecule has 1 unspecified atom stereocenters. The Hall–Kier alpha value is -0.380. The second-order valence-corrected chi connectivity index (χ2v) is 4.64. The number of halogens is 7. The number of hydrogen-bond donors (Lipinski definition) is 0. The standard InChI is InChI=1S/C7H10F7O4P/c1-2-17-19(15,16)18-4-3-5(8,9)6(10,11)7(12,13)14/h2-4H2,1H3,(H,15,16)/p-1. The molecule has 0 aliphatic heterocycles. The summed E-state index contributed by atoms with van der Waals surface area (Å²) in [5.74, 6) is -11.8. The normalized spacial score (nSPS) is 17.3. The summed E-state index contributed by atoms with van der Waals surface area (Å²) < 4.78 is 104. The highest BCUT2D eigenvalue weighted by molar-refractivity contribution is 7.45. The summed E-state index contributed by atoms with van der Waals surface area (Å²) >= 11 is 0. The first kappa shape index (κ1) is 18.6. The minimum absolute atomic E-state index is 0.407. The molecule has 0 saturated heterocycles. The molecular formula is C7H9F7O4P-. The van der Waals surface area contributed by atoms with Gasteiger partial charge in [0, 0.05) is 6.42 Å². The number of rotatable bonds is 7. The molecule has 0 N–H and O–H groups in total. The molecule has 0 bridgehead atoms. The Balaban J connectivity index is 4.60. The molecule has 0 aromatic carbocycles. The van der Waals surface area contributed by atoms with E-state index >= 15 is 0 Å². The zero-order valence-corrected chi connectivity index (χ0v) is 10.2. The Morgan fingerprint density at radius 1 is 1.05 bits per heavy atom. The monoisotopic (exact) mass is 321 g/mol. The van der Waals surface area contributed by atoms with E-state index in [2.05, 4.69) is 9.05 Å². The second-order valence-electron chi connectivity index (χ2n) is 3.22. The van der Waals surface area contributed by atoms with Gasteiger partial charge in [0.1, 0.15) is 0 Å². The van der Waals surface area contributed by atoms with Crippen molar-refractivity contribution < 1.29 is 49.2 Å². The van der Waals surface area contributed by atoms with Crippen molar-refractivity contribution in [2.24, 2.45) is 0 Å². The lowest BCUT2D eigenvalue weighted by atomic mass is 10.1. The van der Waals surface area contributed by atoms with Crippen LogP contribution >= 0.6 is 7.82 Å². The lowest BCUT2D eigenvalue weighted by molar-refractivity contribution is -0.356. The van der Waals surface area contributed by atoms with Gasteiger partial charge in [0.2, 0.25) is 0 Å². The smallest absolute Gasteiger partial charge is 0.459 e. The van der Waals surface area contributed by atoms with E-state index in [1.807, 2.05) is 0 Å². The maximum absolute atomic E-state index is 12.7. The molecule has 0 fully saturated rings. The zero-order valence-electron chi connectivity index (χ0n) is 9.35. The molecule has 0 amide bonds. The molecular weight excluding hydrogens is 312 g/mol. The quantitative estimate of drug-likeness (QED) is 0.534. The topological polar surface area (TPSA) is 58.6 Å². The minimum Gasteiger partial charge on any atom is -0.756 e. The number of hydrogen-bond acceptors (Lipinski definition) is 4. The molecule has 0 aliphatic rings. The number of alkyl halides is 7. The van der Waals surface area contributed by atoms with Crippen molar-refractivity contribution in [1.29, 1.82) is 0 Å². The van der Waals surface area contributed by atoms with Crippen LogP contribution in [0.15, 0.2) is 0 Å². The van der Waals surface area contributed by atoms with Crippen molar-refractivity contribution in [3.63, 3.8) is 0 Å². The SMILES string of the molecule is CCOP(=O)([O-])OCCC(F)(F)C(F)(F)C(F)(F)F. The van der Waals surface area contributed by atoms with Crippen molar-refractivity contribution >= 4 is 7.82 Å². The van der Waals surface area contributed by atoms with Gasteiger partial charge in [-0.15, -0.1) is 0 Å². The summed E-state index contributed by atoms with van der Waals surface area (Å²) in [6, 6.07) is 0. The maximum atomic E-state index is 12.7. The Bertz CT molecular complexity index is 343. The first-order valence-corrected chi connectivity index (χ1v) is 6.15. The largest absolute Gasteiger partial charge is 0.756 e. The molecule has 0 spiro atoms. The molecule has 0 aromatic rings. The summed E-state index contributed by atoms with van der Waals surface area (Å²) in [6.45, 7) is -0.768. The second kappa shape index (κ2) is 5.94. The molecule has 0 aromatic heterocycles. The van der Waals surface area contributed by atoms with E-state index < -0.39 is 45.5 Å². The van der Waals surface area contributed by atoms with Crippen LogP contribution in [0.1, 0.15) is 13.3 Å². The molecule has 0 radical (unpaired) electrons. The fraction of sp³-hybridized carbons (Fsp3) is 1.00. The van der Waals surface area contributed by atoms with Gasteiger partial charge in [-0.3, -0.25) is 4.57 Å². The van der Waals surface area contributed by atoms with Crippen molar-refractivity contribution in [1.82, 2.24) is 0 Å². The summed E-state index contributed by atoms with van der Waals surface area (Å²) in [5.41, 5.74) is 0.